The number of carbonyl (C=O) groups excluding carboxylic acids is 1. The van der Waals surface area contributed by atoms with Gasteiger partial charge in [0.25, 0.3) is 0 Å². The highest BCUT2D eigenvalue weighted by atomic mass is 32.1. The largest absolute Gasteiger partial charge is 0.346 e. The smallest absolute Gasteiger partial charge is 0.225 e. The number of nitrogens with one attached hydrogen (secondary N) is 1. The zero-order valence-electron chi connectivity index (χ0n) is 16.5. The highest BCUT2D eigenvalue weighted by Gasteiger charge is 2.33. The van der Waals surface area contributed by atoms with E-state index in [0.29, 0.717) is 12.5 Å². The Morgan fingerprint density at radius 1 is 1.29 bits per heavy atom. The predicted octanol–water partition coefficient (Wildman–Crippen LogP) is 4.54. The number of hydrogen-bond donors (Lipinski definition) is 1. The first kappa shape index (κ1) is 20.9. The zero-order chi connectivity index (χ0) is 20.3. The Balaban J connectivity index is 1.63. The fourth-order valence-electron chi connectivity index (χ4n) is 3.47. The number of rotatable bonds is 5. The van der Waals surface area contributed by atoms with Gasteiger partial charge >= 0.3 is 0 Å². The van der Waals surface area contributed by atoms with Gasteiger partial charge < -0.3 is 5.32 Å². The first-order valence-corrected chi connectivity index (χ1v) is 10.5. The topological polar surface area (TPSA) is 45.2 Å². The second-order valence-corrected chi connectivity index (χ2v) is 9.36. The Labute approximate surface area is 169 Å². The maximum Gasteiger partial charge on any atom is 0.225 e. The van der Waals surface area contributed by atoms with Crippen molar-refractivity contribution in [1.82, 2.24) is 15.2 Å². The summed E-state index contributed by atoms with van der Waals surface area (Å²) in [5.74, 6) is -1.29. The van der Waals surface area contributed by atoms with Crippen LogP contribution in [0.15, 0.2) is 29.8 Å². The molecule has 2 heterocycles. The second kappa shape index (κ2) is 8.66. The third-order valence-electron chi connectivity index (χ3n) is 5.18. The minimum atomic E-state index is -0.816. The van der Waals surface area contributed by atoms with Crippen molar-refractivity contribution in [3.05, 3.63) is 52.0 Å². The first-order valence-electron chi connectivity index (χ1n) is 9.60. The van der Waals surface area contributed by atoms with Crippen LogP contribution in [0.4, 0.5) is 8.78 Å². The molecule has 0 saturated carbocycles. The van der Waals surface area contributed by atoms with Gasteiger partial charge in [-0.2, -0.15) is 0 Å². The van der Waals surface area contributed by atoms with Gasteiger partial charge in [-0.05, 0) is 49.5 Å². The van der Waals surface area contributed by atoms with E-state index in [2.05, 4.69) is 15.2 Å². The molecule has 2 aromatic rings. The van der Waals surface area contributed by atoms with Crippen LogP contribution in [0.3, 0.4) is 0 Å². The second-order valence-electron chi connectivity index (χ2n) is 8.43. The average Bonchev–Trinajstić information content (AvgIpc) is 3.17. The Hall–Kier alpha value is -1.86. The van der Waals surface area contributed by atoms with Crippen molar-refractivity contribution in [2.45, 2.75) is 46.2 Å². The number of aromatic nitrogens is 1. The van der Waals surface area contributed by atoms with E-state index in [-0.39, 0.29) is 11.9 Å². The van der Waals surface area contributed by atoms with E-state index in [1.807, 2.05) is 26.2 Å². The maximum atomic E-state index is 13.4. The number of nitrogens with zero attached hydrogens (tertiary/aromatic N) is 2. The van der Waals surface area contributed by atoms with Crippen molar-refractivity contribution < 1.29 is 13.6 Å². The molecular formula is C21H27F2N3OS. The van der Waals surface area contributed by atoms with Gasteiger partial charge in [-0.1, -0.05) is 26.8 Å². The van der Waals surface area contributed by atoms with Gasteiger partial charge in [0, 0.05) is 23.5 Å². The molecule has 7 heteroatoms. The molecule has 0 bridgehead atoms. The van der Waals surface area contributed by atoms with E-state index in [1.165, 1.54) is 12.1 Å². The average molecular weight is 408 g/mol. The molecule has 1 N–H and O–H groups in total. The number of amides is 1. The molecule has 0 spiro atoms. The lowest BCUT2D eigenvalue weighted by atomic mass is 9.87. The van der Waals surface area contributed by atoms with Crippen LogP contribution in [0.1, 0.15) is 50.2 Å². The van der Waals surface area contributed by atoms with E-state index in [0.717, 1.165) is 36.5 Å². The number of piperidine rings is 1. The fourth-order valence-corrected chi connectivity index (χ4v) is 4.25. The molecule has 152 valence electrons. The Morgan fingerprint density at radius 2 is 2.00 bits per heavy atom. The van der Waals surface area contributed by atoms with Gasteiger partial charge in [-0.25, -0.2) is 13.8 Å². The molecule has 1 amide bonds. The molecule has 3 rings (SSSR count). The normalized spacial score (nSPS) is 17.5. The third-order valence-corrected chi connectivity index (χ3v) is 6.04. The number of carbonyl (C=O) groups is 1. The summed E-state index contributed by atoms with van der Waals surface area (Å²) in [5, 5.41) is 6.08. The number of likely N-dealkylation sites (tertiary alicyclic amines) is 1. The summed E-state index contributed by atoms with van der Waals surface area (Å²) in [4.78, 5) is 19.3. The molecule has 1 fully saturated rings. The molecule has 1 aliphatic rings. The van der Waals surface area contributed by atoms with Crippen LogP contribution in [0.5, 0.6) is 0 Å². The summed E-state index contributed by atoms with van der Waals surface area (Å²) in [7, 11) is 0. The highest BCUT2D eigenvalue weighted by molar-refractivity contribution is 7.09. The first-order chi connectivity index (χ1) is 13.2. The monoisotopic (exact) mass is 407 g/mol. The molecule has 1 aromatic heterocycles. The summed E-state index contributed by atoms with van der Waals surface area (Å²) in [6.07, 6.45) is 3.60. The Kier molecular flexibility index (Phi) is 6.45. The van der Waals surface area contributed by atoms with Gasteiger partial charge in [0.1, 0.15) is 5.01 Å². The molecule has 4 nitrogen and oxygen atoms in total. The van der Waals surface area contributed by atoms with Crippen molar-refractivity contribution in [3.63, 3.8) is 0 Å². The van der Waals surface area contributed by atoms with Crippen molar-refractivity contribution in [2.75, 3.05) is 13.1 Å². The SMILES string of the molecule is CC(C)(C)C(=O)NC(c1nccs1)C1CCN(Cc2ccc(F)c(F)c2)CC1. The van der Waals surface area contributed by atoms with E-state index in [1.54, 1.807) is 23.6 Å². The van der Waals surface area contributed by atoms with E-state index < -0.39 is 17.0 Å². The van der Waals surface area contributed by atoms with Crippen LogP contribution >= 0.6 is 11.3 Å². The summed E-state index contributed by atoms with van der Waals surface area (Å²) < 4.78 is 26.5. The van der Waals surface area contributed by atoms with Crippen molar-refractivity contribution in [3.8, 4) is 0 Å². The molecule has 1 aliphatic heterocycles. The quantitative estimate of drug-likeness (QED) is 0.792. The molecule has 0 radical (unpaired) electrons. The van der Waals surface area contributed by atoms with Crippen LogP contribution in [0, 0.1) is 23.0 Å². The molecule has 1 unspecified atom stereocenters. The lowest BCUT2D eigenvalue weighted by Crippen LogP contribution is -2.43. The molecule has 1 saturated heterocycles. The number of thiazole rings is 1. The van der Waals surface area contributed by atoms with Gasteiger partial charge in [0.05, 0.1) is 6.04 Å². The fraction of sp³-hybridized carbons (Fsp3) is 0.524. The Bertz CT molecular complexity index is 796. The lowest BCUT2D eigenvalue weighted by molar-refractivity contribution is -0.129. The predicted molar refractivity (Wildman–Crippen MR) is 107 cm³/mol. The summed E-state index contributed by atoms with van der Waals surface area (Å²) in [5.41, 5.74) is 0.318. The van der Waals surface area contributed by atoms with Gasteiger partial charge in [0.2, 0.25) is 5.91 Å². The third kappa shape index (κ3) is 5.14. The standard InChI is InChI=1S/C21H27F2N3OS/c1-21(2,3)20(27)25-18(19-24-8-11-28-19)15-6-9-26(10-7-15)13-14-4-5-16(22)17(23)12-14/h4-5,8,11-12,15,18H,6-7,9-10,13H2,1-3H3,(H,25,27). The molecule has 1 aromatic carbocycles. The van der Waals surface area contributed by atoms with E-state index in [9.17, 15) is 13.6 Å². The minimum Gasteiger partial charge on any atom is -0.346 e. The van der Waals surface area contributed by atoms with Crippen molar-refractivity contribution >= 4 is 17.2 Å². The minimum absolute atomic E-state index is 0.0249. The summed E-state index contributed by atoms with van der Waals surface area (Å²) in [6.45, 7) is 8.01. The molecule has 28 heavy (non-hydrogen) atoms. The highest BCUT2D eigenvalue weighted by Crippen LogP contribution is 2.33. The lowest BCUT2D eigenvalue weighted by Gasteiger charge is -2.36. The zero-order valence-corrected chi connectivity index (χ0v) is 17.4. The van der Waals surface area contributed by atoms with Gasteiger partial charge in [0.15, 0.2) is 11.6 Å². The number of hydrogen-bond acceptors (Lipinski definition) is 4. The molecule has 0 aliphatic carbocycles. The summed E-state index contributed by atoms with van der Waals surface area (Å²) in [6, 6.07) is 3.99. The Morgan fingerprint density at radius 3 is 2.57 bits per heavy atom. The molecular weight excluding hydrogens is 380 g/mol. The van der Waals surface area contributed by atoms with E-state index >= 15 is 0 Å². The van der Waals surface area contributed by atoms with Crippen molar-refractivity contribution in [1.29, 1.82) is 0 Å². The maximum absolute atomic E-state index is 13.4. The van der Waals surface area contributed by atoms with Crippen LogP contribution in [-0.4, -0.2) is 28.9 Å². The van der Waals surface area contributed by atoms with Crippen molar-refractivity contribution in [2.24, 2.45) is 11.3 Å². The van der Waals surface area contributed by atoms with E-state index in [4.69, 9.17) is 0 Å². The van der Waals surface area contributed by atoms with Gasteiger partial charge in [-0.3, -0.25) is 9.69 Å². The summed E-state index contributed by atoms with van der Waals surface area (Å²) >= 11 is 1.57. The van der Waals surface area contributed by atoms with Crippen LogP contribution in [0.2, 0.25) is 0 Å². The number of benzene rings is 1. The van der Waals surface area contributed by atoms with Crippen LogP contribution in [-0.2, 0) is 11.3 Å². The van der Waals surface area contributed by atoms with Crippen LogP contribution in [0.25, 0.3) is 0 Å². The number of halogens is 2. The van der Waals surface area contributed by atoms with Gasteiger partial charge in [-0.15, -0.1) is 11.3 Å². The van der Waals surface area contributed by atoms with Crippen LogP contribution < -0.4 is 5.32 Å². The molecule has 1 atom stereocenters.